The summed E-state index contributed by atoms with van der Waals surface area (Å²) in [5.74, 6) is -0.563. The lowest BCUT2D eigenvalue weighted by Gasteiger charge is -2.15. The molecule has 0 aromatic carbocycles. The highest BCUT2D eigenvalue weighted by atomic mass is 16.6. The van der Waals surface area contributed by atoms with E-state index in [4.69, 9.17) is 9.47 Å². The Bertz CT molecular complexity index is 1130. The standard InChI is InChI=1S/C69H132O5/c1-3-5-7-9-11-13-15-17-19-21-23-25-26-27-28-29-30-31-32-33-34-35-36-37-38-39-40-41-42-44-46-48-50-52-54-56-58-60-62-64-69(72)74-67(65-70)66-73-68(71)63-61-59-57-55-53-51-49-47-45-43-24-22-20-18-16-14-12-10-8-6-4-2/h15,17,21,23,67,70H,3-14,16,18-20,22,24-66H2,1-2H3/b17-15-,23-21-. The molecule has 74 heavy (non-hydrogen) atoms. The van der Waals surface area contributed by atoms with Crippen molar-refractivity contribution in [3.63, 3.8) is 0 Å². The van der Waals surface area contributed by atoms with E-state index in [2.05, 4.69) is 38.2 Å². The maximum absolute atomic E-state index is 12.3. The first-order valence-corrected chi connectivity index (χ1v) is 33.9. The van der Waals surface area contributed by atoms with E-state index in [9.17, 15) is 14.7 Å². The van der Waals surface area contributed by atoms with Crippen molar-refractivity contribution in [2.24, 2.45) is 0 Å². The Balaban J connectivity index is 3.36. The molecule has 0 aromatic heterocycles. The van der Waals surface area contributed by atoms with E-state index in [0.29, 0.717) is 12.8 Å². The summed E-state index contributed by atoms with van der Waals surface area (Å²) in [5.41, 5.74) is 0. The molecule has 1 N–H and O–H groups in total. The molecule has 0 spiro atoms. The van der Waals surface area contributed by atoms with Crippen LogP contribution in [-0.4, -0.2) is 36.4 Å². The van der Waals surface area contributed by atoms with Crippen molar-refractivity contribution in [2.75, 3.05) is 13.2 Å². The predicted molar refractivity (Wildman–Crippen MR) is 325 cm³/mol. The van der Waals surface area contributed by atoms with E-state index in [1.807, 2.05) is 0 Å². The van der Waals surface area contributed by atoms with Crippen LogP contribution in [0.1, 0.15) is 386 Å². The maximum atomic E-state index is 12.3. The summed E-state index contributed by atoms with van der Waals surface area (Å²) in [6, 6.07) is 0. The second-order valence-electron chi connectivity index (χ2n) is 23.3. The quantitative estimate of drug-likeness (QED) is 0.0373. The van der Waals surface area contributed by atoms with Crippen LogP contribution >= 0.6 is 0 Å². The van der Waals surface area contributed by atoms with Crippen molar-refractivity contribution < 1.29 is 24.2 Å². The van der Waals surface area contributed by atoms with Crippen molar-refractivity contribution in [1.82, 2.24) is 0 Å². The van der Waals surface area contributed by atoms with Crippen molar-refractivity contribution in [3.8, 4) is 0 Å². The second-order valence-corrected chi connectivity index (χ2v) is 23.3. The smallest absolute Gasteiger partial charge is 0.306 e. The highest BCUT2D eigenvalue weighted by Gasteiger charge is 2.16. The summed E-state index contributed by atoms with van der Waals surface area (Å²) in [5, 5.41) is 9.68. The van der Waals surface area contributed by atoms with E-state index in [1.54, 1.807) is 0 Å². The van der Waals surface area contributed by atoms with Gasteiger partial charge in [-0.25, -0.2) is 0 Å². The van der Waals surface area contributed by atoms with Crippen LogP contribution in [-0.2, 0) is 19.1 Å². The van der Waals surface area contributed by atoms with Crippen LogP contribution in [0.2, 0.25) is 0 Å². The van der Waals surface area contributed by atoms with Crippen molar-refractivity contribution in [3.05, 3.63) is 24.3 Å². The second kappa shape index (κ2) is 65.7. The van der Waals surface area contributed by atoms with Gasteiger partial charge in [0.15, 0.2) is 6.10 Å². The minimum Gasteiger partial charge on any atom is -0.462 e. The fraction of sp³-hybridized carbons (Fsp3) is 0.913. The van der Waals surface area contributed by atoms with Crippen LogP contribution in [0.25, 0.3) is 0 Å². The monoisotopic (exact) mass is 1040 g/mol. The average molecular weight is 1040 g/mol. The molecule has 0 fully saturated rings. The molecular formula is C69H132O5. The molecule has 0 aliphatic carbocycles. The van der Waals surface area contributed by atoms with E-state index in [1.165, 1.54) is 321 Å². The highest BCUT2D eigenvalue weighted by Crippen LogP contribution is 2.19. The number of esters is 2. The lowest BCUT2D eigenvalue weighted by molar-refractivity contribution is -0.161. The third kappa shape index (κ3) is 62.9. The van der Waals surface area contributed by atoms with Gasteiger partial charge in [-0.2, -0.15) is 0 Å². The third-order valence-electron chi connectivity index (χ3n) is 15.7. The van der Waals surface area contributed by atoms with Crippen molar-refractivity contribution >= 4 is 11.9 Å². The number of hydrogen-bond acceptors (Lipinski definition) is 5. The molecule has 0 aromatic rings. The number of aliphatic hydroxyl groups is 1. The first kappa shape index (κ1) is 72.4. The van der Waals surface area contributed by atoms with Gasteiger partial charge in [-0.1, -0.05) is 353 Å². The van der Waals surface area contributed by atoms with Crippen molar-refractivity contribution in [1.29, 1.82) is 0 Å². The van der Waals surface area contributed by atoms with Gasteiger partial charge in [-0.05, 0) is 44.9 Å². The minimum atomic E-state index is -0.767. The van der Waals surface area contributed by atoms with Gasteiger partial charge >= 0.3 is 11.9 Å². The van der Waals surface area contributed by atoms with E-state index in [-0.39, 0.29) is 25.2 Å². The molecular weight excluding hydrogens is 909 g/mol. The molecule has 0 heterocycles. The topological polar surface area (TPSA) is 72.8 Å². The van der Waals surface area contributed by atoms with Gasteiger partial charge in [-0.15, -0.1) is 0 Å². The van der Waals surface area contributed by atoms with Crippen LogP contribution < -0.4 is 0 Å². The zero-order valence-corrected chi connectivity index (χ0v) is 50.4. The minimum absolute atomic E-state index is 0.0570. The Labute approximate surface area is 464 Å². The molecule has 1 atom stereocenters. The fourth-order valence-corrected chi connectivity index (χ4v) is 10.7. The number of hydrogen-bond donors (Lipinski definition) is 1. The molecule has 0 saturated heterocycles. The van der Waals surface area contributed by atoms with Gasteiger partial charge < -0.3 is 14.6 Å². The molecule has 0 amide bonds. The summed E-state index contributed by atoms with van der Waals surface area (Å²) in [4.78, 5) is 24.6. The van der Waals surface area contributed by atoms with Crippen LogP contribution in [0.5, 0.6) is 0 Å². The Kier molecular flexibility index (Phi) is 64.2. The van der Waals surface area contributed by atoms with Gasteiger partial charge in [0, 0.05) is 12.8 Å². The summed E-state index contributed by atoms with van der Waals surface area (Å²) in [6.07, 6.45) is 85.0. The molecule has 1 unspecified atom stereocenters. The zero-order valence-electron chi connectivity index (χ0n) is 50.4. The van der Waals surface area contributed by atoms with Crippen LogP contribution in [0, 0.1) is 0 Å². The number of carbonyl (C=O) groups is 2. The number of unbranched alkanes of at least 4 members (excludes halogenated alkanes) is 52. The first-order valence-electron chi connectivity index (χ1n) is 33.9. The summed E-state index contributed by atoms with van der Waals surface area (Å²) in [6.45, 7) is 4.20. The van der Waals surface area contributed by atoms with Crippen molar-refractivity contribution in [2.45, 2.75) is 392 Å². The molecule has 438 valence electrons. The normalized spacial score (nSPS) is 12.2. The maximum Gasteiger partial charge on any atom is 0.306 e. The van der Waals surface area contributed by atoms with Crippen LogP contribution in [0.3, 0.4) is 0 Å². The number of ether oxygens (including phenoxy) is 2. The van der Waals surface area contributed by atoms with E-state index < -0.39 is 6.10 Å². The number of allylic oxidation sites excluding steroid dienone is 4. The average Bonchev–Trinajstić information content (AvgIpc) is 3.40. The fourth-order valence-electron chi connectivity index (χ4n) is 10.7. The van der Waals surface area contributed by atoms with Crippen LogP contribution in [0.15, 0.2) is 24.3 Å². The van der Waals surface area contributed by atoms with Crippen LogP contribution in [0.4, 0.5) is 0 Å². The molecule has 0 aliphatic heterocycles. The largest absolute Gasteiger partial charge is 0.462 e. The summed E-state index contributed by atoms with van der Waals surface area (Å²) >= 11 is 0. The number of aliphatic hydroxyl groups excluding tert-OH is 1. The summed E-state index contributed by atoms with van der Waals surface area (Å²) < 4.78 is 10.7. The van der Waals surface area contributed by atoms with Gasteiger partial charge in [0.1, 0.15) is 6.61 Å². The molecule has 0 radical (unpaired) electrons. The molecule has 0 aliphatic rings. The number of rotatable bonds is 64. The molecule has 5 nitrogen and oxygen atoms in total. The molecule has 0 bridgehead atoms. The Hall–Kier alpha value is -1.62. The highest BCUT2D eigenvalue weighted by molar-refractivity contribution is 5.70. The Morgan fingerprint density at radius 1 is 0.311 bits per heavy atom. The van der Waals surface area contributed by atoms with Gasteiger partial charge in [0.2, 0.25) is 0 Å². The third-order valence-corrected chi connectivity index (χ3v) is 15.7. The number of carbonyl (C=O) groups excluding carboxylic acids is 2. The van der Waals surface area contributed by atoms with E-state index in [0.717, 1.165) is 38.5 Å². The first-order chi connectivity index (χ1) is 36.6. The molecule has 0 rings (SSSR count). The predicted octanol–water partition coefficient (Wildman–Crippen LogP) is 23.2. The molecule has 5 heteroatoms. The lowest BCUT2D eigenvalue weighted by Crippen LogP contribution is -2.28. The lowest BCUT2D eigenvalue weighted by atomic mass is 10.0. The zero-order chi connectivity index (χ0) is 53.4. The van der Waals surface area contributed by atoms with Gasteiger partial charge in [-0.3, -0.25) is 9.59 Å². The molecule has 0 saturated carbocycles. The van der Waals surface area contributed by atoms with Gasteiger partial charge in [0.25, 0.3) is 0 Å². The Morgan fingerprint density at radius 3 is 0.797 bits per heavy atom. The van der Waals surface area contributed by atoms with Gasteiger partial charge in [0.05, 0.1) is 6.61 Å². The Morgan fingerprint density at radius 2 is 0.541 bits per heavy atom. The SMILES string of the molecule is CCCCCCC/C=C\C/C=C\CCCCCCCCCCCCCCCCCCCCCCCCCCCCCC(=O)OC(CO)COC(=O)CCCCCCCCCCCCCCCCCCCCCCC. The van der Waals surface area contributed by atoms with E-state index >= 15 is 0 Å². The summed E-state index contributed by atoms with van der Waals surface area (Å²) in [7, 11) is 0.